The van der Waals surface area contributed by atoms with Gasteiger partial charge >= 0.3 is 5.97 Å². The van der Waals surface area contributed by atoms with E-state index in [1.165, 1.54) is 5.69 Å². The lowest BCUT2D eigenvalue weighted by Crippen LogP contribution is -2.51. The topological polar surface area (TPSA) is 61.6 Å². The second-order valence-corrected chi connectivity index (χ2v) is 6.28. The molecule has 1 aliphatic rings. The lowest BCUT2D eigenvalue weighted by molar-refractivity contribution is -0.143. The fourth-order valence-corrected chi connectivity index (χ4v) is 3.11. The van der Waals surface area contributed by atoms with E-state index < -0.39 is 12.0 Å². The van der Waals surface area contributed by atoms with Crippen molar-refractivity contribution in [1.82, 2.24) is 19.6 Å². The van der Waals surface area contributed by atoms with Crippen molar-refractivity contribution in [2.75, 3.05) is 26.2 Å². The van der Waals surface area contributed by atoms with E-state index in [2.05, 4.69) is 32.9 Å². The summed E-state index contributed by atoms with van der Waals surface area (Å²) in [5.74, 6) is -0.745. The molecule has 0 spiro atoms. The van der Waals surface area contributed by atoms with E-state index in [0.29, 0.717) is 0 Å². The minimum Gasteiger partial charge on any atom is -0.480 e. The average Bonchev–Trinajstić information content (AvgIpc) is 2.75. The van der Waals surface area contributed by atoms with Crippen molar-refractivity contribution in [1.29, 1.82) is 0 Å². The molecular weight excluding hydrogens is 336 g/mol. The van der Waals surface area contributed by atoms with Gasteiger partial charge in [-0.2, -0.15) is 5.10 Å². The highest BCUT2D eigenvalue weighted by Crippen LogP contribution is 2.23. The molecule has 1 aromatic rings. The molecule has 0 saturated carbocycles. The van der Waals surface area contributed by atoms with Crippen LogP contribution in [0.4, 0.5) is 0 Å². The summed E-state index contributed by atoms with van der Waals surface area (Å²) in [5, 5.41) is 13.6. The SMILES string of the molecule is CCn1nc(C)c(Br)c1CN1CCN(C(C)C(=O)O)CC1. The molecule has 1 aromatic heterocycles. The zero-order valence-corrected chi connectivity index (χ0v) is 14.4. The summed E-state index contributed by atoms with van der Waals surface area (Å²) in [6, 6.07) is -0.401. The number of aromatic nitrogens is 2. The minimum atomic E-state index is -0.745. The van der Waals surface area contributed by atoms with E-state index in [0.717, 1.165) is 49.4 Å². The van der Waals surface area contributed by atoms with E-state index in [1.54, 1.807) is 6.92 Å². The predicted octanol–water partition coefficient (Wildman–Crippen LogP) is 1.56. The van der Waals surface area contributed by atoms with E-state index in [1.807, 2.05) is 16.5 Å². The second kappa shape index (κ2) is 6.89. The van der Waals surface area contributed by atoms with Gasteiger partial charge in [-0.3, -0.25) is 19.3 Å². The summed E-state index contributed by atoms with van der Waals surface area (Å²) >= 11 is 3.62. The largest absolute Gasteiger partial charge is 0.480 e. The molecule has 1 atom stereocenters. The fourth-order valence-electron chi connectivity index (χ4n) is 2.70. The Bertz CT molecular complexity index is 509. The standard InChI is InChI=1S/C14H23BrN4O2/c1-4-19-12(13(15)10(2)16-19)9-17-5-7-18(8-6-17)11(3)14(20)21/h11H,4-9H2,1-3H3,(H,20,21). The maximum Gasteiger partial charge on any atom is 0.320 e. The van der Waals surface area contributed by atoms with Crippen LogP contribution in [0.15, 0.2) is 4.47 Å². The number of nitrogens with zero attached hydrogens (tertiary/aromatic N) is 4. The highest BCUT2D eigenvalue weighted by atomic mass is 79.9. The van der Waals surface area contributed by atoms with Gasteiger partial charge in [0, 0.05) is 39.3 Å². The molecule has 0 aromatic carbocycles. The lowest BCUT2D eigenvalue weighted by atomic mass is 10.2. The summed E-state index contributed by atoms with van der Waals surface area (Å²) in [4.78, 5) is 15.4. The summed E-state index contributed by atoms with van der Waals surface area (Å²) in [5.41, 5.74) is 2.22. The molecule has 0 aliphatic carbocycles. The summed E-state index contributed by atoms with van der Waals surface area (Å²) < 4.78 is 3.12. The van der Waals surface area contributed by atoms with Gasteiger partial charge in [0.05, 0.1) is 15.9 Å². The van der Waals surface area contributed by atoms with Crippen LogP contribution < -0.4 is 0 Å². The van der Waals surface area contributed by atoms with Crippen molar-refractivity contribution >= 4 is 21.9 Å². The number of carbonyl (C=O) groups is 1. The minimum absolute atomic E-state index is 0.401. The van der Waals surface area contributed by atoms with Crippen LogP contribution >= 0.6 is 15.9 Å². The van der Waals surface area contributed by atoms with Gasteiger partial charge in [0.1, 0.15) is 6.04 Å². The van der Waals surface area contributed by atoms with Gasteiger partial charge in [0.25, 0.3) is 0 Å². The van der Waals surface area contributed by atoms with E-state index in [9.17, 15) is 4.79 Å². The summed E-state index contributed by atoms with van der Waals surface area (Å²) in [6.07, 6.45) is 0. The molecule has 118 valence electrons. The van der Waals surface area contributed by atoms with E-state index >= 15 is 0 Å². The molecule has 1 saturated heterocycles. The zero-order valence-electron chi connectivity index (χ0n) is 12.8. The Kier molecular flexibility index (Phi) is 5.40. The molecular formula is C14H23BrN4O2. The fraction of sp³-hybridized carbons (Fsp3) is 0.714. The van der Waals surface area contributed by atoms with E-state index in [4.69, 9.17) is 5.11 Å². The van der Waals surface area contributed by atoms with Crippen LogP contribution in [0.1, 0.15) is 25.2 Å². The predicted molar refractivity (Wildman–Crippen MR) is 84.3 cm³/mol. The quantitative estimate of drug-likeness (QED) is 0.865. The number of piperazine rings is 1. The molecule has 1 N–H and O–H groups in total. The molecule has 2 heterocycles. The van der Waals surface area contributed by atoms with Crippen molar-refractivity contribution in [2.24, 2.45) is 0 Å². The molecule has 1 unspecified atom stereocenters. The Balaban J connectivity index is 1.96. The van der Waals surface area contributed by atoms with Crippen LogP contribution in [0.2, 0.25) is 0 Å². The van der Waals surface area contributed by atoms with Crippen LogP contribution in [0, 0.1) is 6.92 Å². The van der Waals surface area contributed by atoms with Crippen LogP contribution in [-0.4, -0.2) is 62.9 Å². The van der Waals surface area contributed by atoms with Crippen LogP contribution in [-0.2, 0) is 17.9 Å². The molecule has 0 bridgehead atoms. The van der Waals surface area contributed by atoms with Gasteiger partial charge in [-0.15, -0.1) is 0 Å². The number of halogens is 1. The normalized spacial score (nSPS) is 18.9. The van der Waals surface area contributed by atoms with Gasteiger partial charge in [-0.1, -0.05) is 0 Å². The number of rotatable bonds is 5. The first-order chi connectivity index (χ1) is 9.93. The maximum absolute atomic E-state index is 11.0. The van der Waals surface area contributed by atoms with Gasteiger partial charge in [-0.05, 0) is 36.7 Å². The Morgan fingerprint density at radius 3 is 2.52 bits per heavy atom. The monoisotopic (exact) mass is 358 g/mol. The van der Waals surface area contributed by atoms with Gasteiger partial charge in [-0.25, -0.2) is 0 Å². The molecule has 7 heteroatoms. The zero-order chi connectivity index (χ0) is 15.6. The number of aryl methyl sites for hydroxylation is 2. The van der Waals surface area contributed by atoms with Gasteiger partial charge in [0.15, 0.2) is 0 Å². The van der Waals surface area contributed by atoms with Crippen LogP contribution in [0.3, 0.4) is 0 Å². The Morgan fingerprint density at radius 2 is 2.00 bits per heavy atom. The lowest BCUT2D eigenvalue weighted by Gasteiger charge is -2.36. The number of hydrogen-bond acceptors (Lipinski definition) is 4. The van der Waals surface area contributed by atoms with Crippen molar-refractivity contribution in [2.45, 2.75) is 39.9 Å². The van der Waals surface area contributed by atoms with Gasteiger partial charge in [0.2, 0.25) is 0 Å². The number of carboxylic acids is 1. The molecule has 2 rings (SSSR count). The average molecular weight is 359 g/mol. The third-order valence-corrected chi connectivity index (χ3v) is 5.17. The molecule has 0 amide bonds. The smallest absolute Gasteiger partial charge is 0.320 e. The van der Waals surface area contributed by atoms with Crippen LogP contribution in [0.5, 0.6) is 0 Å². The summed E-state index contributed by atoms with van der Waals surface area (Å²) in [6.45, 7) is 10.9. The number of hydrogen-bond donors (Lipinski definition) is 1. The Labute approximate surface area is 133 Å². The van der Waals surface area contributed by atoms with Gasteiger partial charge < -0.3 is 5.11 Å². The first-order valence-electron chi connectivity index (χ1n) is 7.35. The molecule has 1 aliphatic heterocycles. The second-order valence-electron chi connectivity index (χ2n) is 5.49. The van der Waals surface area contributed by atoms with Crippen molar-refractivity contribution < 1.29 is 9.90 Å². The van der Waals surface area contributed by atoms with Crippen molar-refractivity contribution in [3.05, 3.63) is 15.9 Å². The molecule has 21 heavy (non-hydrogen) atoms. The van der Waals surface area contributed by atoms with E-state index in [-0.39, 0.29) is 0 Å². The van der Waals surface area contributed by atoms with Crippen molar-refractivity contribution in [3.63, 3.8) is 0 Å². The molecule has 6 nitrogen and oxygen atoms in total. The molecule has 1 fully saturated rings. The first kappa shape index (κ1) is 16.5. The Morgan fingerprint density at radius 1 is 1.38 bits per heavy atom. The highest BCUT2D eigenvalue weighted by Gasteiger charge is 2.26. The highest BCUT2D eigenvalue weighted by molar-refractivity contribution is 9.10. The Hall–Kier alpha value is -0.920. The number of carboxylic acid groups (broad SMARTS) is 1. The maximum atomic E-state index is 11.0. The molecule has 0 radical (unpaired) electrons. The third kappa shape index (κ3) is 3.64. The van der Waals surface area contributed by atoms with Crippen molar-refractivity contribution in [3.8, 4) is 0 Å². The third-order valence-electron chi connectivity index (χ3n) is 4.14. The first-order valence-corrected chi connectivity index (χ1v) is 8.14. The number of aliphatic carboxylic acids is 1. The van der Waals surface area contributed by atoms with Crippen LogP contribution in [0.25, 0.3) is 0 Å². The summed E-state index contributed by atoms with van der Waals surface area (Å²) in [7, 11) is 0.